The molecule has 0 radical (unpaired) electrons. The number of rotatable bonds is 6. The summed E-state index contributed by atoms with van der Waals surface area (Å²) in [7, 11) is 3.22. The van der Waals surface area contributed by atoms with Gasteiger partial charge in [-0.1, -0.05) is 30.3 Å². The van der Waals surface area contributed by atoms with Crippen LogP contribution in [0.3, 0.4) is 0 Å². The van der Waals surface area contributed by atoms with Crippen molar-refractivity contribution in [2.75, 3.05) is 7.11 Å². The fourth-order valence-corrected chi connectivity index (χ4v) is 2.67. The summed E-state index contributed by atoms with van der Waals surface area (Å²) in [5, 5.41) is 8.49. The molecule has 1 aromatic carbocycles. The molecule has 2 heterocycles. The third-order valence-corrected chi connectivity index (χ3v) is 3.81. The zero-order valence-corrected chi connectivity index (χ0v) is 14.5. The van der Waals surface area contributed by atoms with Crippen molar-refractivity contribution in [2.45, 2.75) is 20.1 Å². The van der Waals surface area contributed by atoms with Crippen LogP contribution >= 0.6 is 0 Å². The van der Waals surface area contributed by atoms with Gasteiger partial charge in [-0.3, -0.25) is 4.68 Å². The number of nitrogens with zero attached hydrogens (tertiary/aromatic N) is 4. The van der Waals surface area contributed by atoms with Gasteiger partial charge in [0.25, 0.3) is 0 Å². The molecule has 25 heavy (non-hydrogen) atoms. The minimum absolute atomic E-state index is 0.144. The van der Waals surface area contributed by atoms with Gasteiger partial charge in [-0.15, -0.1) is 0 Å². The number of aromatic nitrogens is 4. The average molecular weight is 340 g/mol. The third-order valence-electron chi connectivity index (χ3n) is 3.81. The van der Waals surface area contributed by atoms with Crippen LogP contribution in [0.15, 0.2) is 42.7 Å². The number of esters is 1. The minimum atomic E-state index is -0.460. The molecule has 7 nitrogen and oxygen atoms in total. The molecule has 7 heteroatoms. The van der Waals surface area contributed by atoms with Gasteiger partial charge in [0.1, 0.15) is 12.2 Å². The van der Waals surface area contributed by atoms with E-state index >= 15 is 0 Å². The third kappa shape index (κ3) is 3.71. The first kappa shape index (κ1) is 16.8. The molecule has 0 aliphatic heterocycles. The Kier molecular flexibility index (Phi) is 4.83. The number of hydrogen-bond acceptors (Lipinski definition) is 5. The van der Waals surface area contributed by atoms with Crippen molar-refractivity contribution in [1.82, 2.24) is 19.6 Å². The van der Waals surface area contributed by atoms with E-state index in [1.807, 2.05) is 41.2 Å². The normalized spacial score (nSPS) is 10.7. The van der Waals surface area contributed by atoms with Crippen LogP contribution in [0.5, 0.6) is 5.88 Å². The van der Waals surface area contributed by atoms with Crippen LogP contribution < -0.4 is 4.74 Å². The Morgan fingerprint density at radius 1 is 1.20 bits per heavy atom. The Labute approximate surface area is 145 Å². The molecular formula is C18H20N4O3. The van der Waals surface area contributed by atoms with Crippen LogP contribution in [-0.2, 0) is 24.9 Å². The lowest BCUT2D eigenvalue weighted by Crippen LogP contribution is -2.08. The Morgan fingerprint density at radius 3 is 2.68 bits per heavy atom. The first-order valence-electron chi connectivity index (χ1n) is 7.88. The first-order chi connectivity index (χ1) is 12.1. The largest absolute Gasteiger partial charge is 0.481 e. The van der Waals surface area contributed by atoms with Gasteiger partial charge in [-0.2, -0.15) is 10.2 Å². The standard InChI is InChI=1S/C18H20N4O3/c1-13-16(17(24-3)21(2)20-13)18(23)25-12-15-9-19-22(11-15)10-14-7-5-4-6-8-14/h4-9,11H,10,12H2,1-3H3. The Bertz CT molecular complexity index is 868. The van der Waals surface area contributed by atoms with Crippen molar-refractivity contribution in [1.29, 1.82) is 0 Å². The van der Waals surface area contributed by atoms with Gasteiger partial charge in [-0.25, -0.2) is 9.48 Å². The van der Waals surface area contributed by atoms with Crippen LogP contribution in [0, 0.1) is 6.92 Å². The fraction of sp³-hybridized carbons (Fsp3) is 0.278. The smallest absolute Gasteiger partial charge is 0.345 e. The zero-order chi connectivity index (χ0) is 17.8. The van der Waals surface area contributed by atoms with Gasteiger partial charge in [0.15, 0.2) is 0 Å². The molecule has 0 aliphatic rings. The Balaban J connectivity index is 1.63. The summed E-state index contributed by atoms with van der Waals surface area (Å²) in [6.07, 6.45) is 3.57. The number of ether oxygens (including phenoxy) is 2. The average Bonchev–Trinajstić information content (AvgIpc) is 3.16. The molecule has 3 aromatic rings. The van der Waals surface area contributed by atoms with Crippen molar-refractivity contribution >= 4 is 5.97 Å². The number of methoxy groups -OCH3 is 1. The summed E-state index contributed by atoms with van der Waals surface area (Å²) < 4.78 is 13.9. The molecule has 0 unspecified atom stereocenters. The van der Waals surface area contributed by atoms with E-state index in [0.29, 0.717) is 23.7 Å². The zero-order valence-electron chi connectivity index (χ0n) is 14.5. The Morgan fingerprint density at radius 2 is 1.96 bits per heavy atom. The summed E-state index contributed by atoms with van der Waals surface area (Å²) in [4.78, 5) is 12.3. The van der Waals surface area contributed by atoms with E-state index in [2.05, 4.69) is 10.2 Å². The topological polar surface area (TPSA) is 71.2 Å². The van der Waals surface area contributed by atoms with Gasteiger partial charge >= 0.3 is 5.97 Å². The summed E-state index contributed by atoms with van der Waals surface area (Å²) >= 11 is 0. The van der Waals surface area contributed by atoms with Gasteiger partial charge < -0.3 is 9.47 Å². The molecule has 0 spiro atoms. The Hall–Kier alpha value is -3.09. The predicted octanol–water partition coefficient (Wildman–Crippen LogP) is 2.34. The molecule has 2 aromatic heterocycles. The van der Waals surface area contributed by atoms with Gasteiger partial charge in [-0.05, 0) is 12.5 Å². The van der Waals surface area contributed by atoms with Gasteiger partial charge in [0, 0.05) is 18.8 Å². The molecule has 0 fully saturated rings. The van der Waals surface area contributed by atoms with Crippen molar-refractivity contribution in [2.24, 2.45) is 7.05 Å². The molecular weight excluding hydrogens is 320 g/mol. The lowest BCUT2D eigenvalue weighted by Gasteiger charge is -2.05. The van der Waals surface area contributed by atoms with Crippen molar-refractivity contribution in [3.8, 4) is 5.88 Å². The molecule has 0 saturated carbocycles. The maximum atomic E-state index is 12.3. The van der Waals surface area contributed by atoms with E-state index in [1.54, 1.807) is 20.2 Å². The molecule has 0 amide bonds. The van der Waals surface area contributed by atoms with Crippen molar-refractivity contribution in [3.63, 3.8) is 0 Å². The number of hydrogen-bond donors (Lipinski definition) is 0. The summed E-state index contributed by atoms with van der Waals surface area (Å²) in [6.45, 7) is 2.56. The SMILES string of the molecule is COc1c(C(=O)OCc2cnn(Cc3ccccc3)c2)c(C)nn1C. The second-order valence-electron chi connectivity index (χ2n) is 5.70. The molecule has 3 rings (SSSR count). The molecule has 130 valence electrons. The minimum Gasteiger partial charge on any atom is -0.481 e. The number of aryl methyl sites for hydroxylation is 2. The van der Waals surface area contributed by atoms with Gasteiger partial charge in [0.2, 0.25) is 5.88 Å². The van der Waals surface area contributed by atoms with E-state index in [0.717, 1.165) is 11.1 Å². The van der Waals surface area contributed by atoms with Crippen LogP contribution in [0.4, 0.5) is 0 Å². The van der Waals surface area contributed by atoms with E-state index in [1.165, 1.54) is 11.8 Å². The summed E-state index contributed by atoms with van der Waals surface area (Å²) in [5.41, 5.74) is 2.90. The second kappa shape index (κ2) is 7.21. The summed E-state index contributed by atoms with van der Waals surface area (Å²) in [5.74, 6) is -0.0690. The highest BCUT2D eigenvalue weighted by Gasteiger charge is 2.22. The first-order valence-corrected chi connectivity index (χ1v) is 7.88. The van der Waals surface area contributed by atoms with Crippen molar-refractivity contribution < 1.29 is 14.3 Å². The number of benzene rings is 1. The lowest BCUT2D eigenvalue weighted by atomic mass is 10.2. The summed E-state index contributed by atoms with van der Waals surface area (Å²) in [6, 6.07) is 10.0. The molecule has 0 atom stereocenters. The quantitative estimate of drug-likeness (QED) is 0.644. The van der Waals surface area contributed by atoms with Crippen LogP contribution in [0.2, 0.25) is 0 Å². The van der Waals surface area contributed by atoms with Crippen LogP contribution in [-0.4, -0.2) is 32.6 Å². The van der Waals surface area contributed by atoms with Crippen molar-refractivity contribution in [3.05, 3.63) is 65.1 Å². The molecule has 0 aliphatic carbocycles. The van der Waals surface area contributed by atoms with E-state index in [9.17, 15) is 4.79 Å². The van der Waals surface area contributed by atoms with Gasteiger partial charge in [0.05, 0.1) is 25.5 Å². The fourth-order valence-electron chi connectivity index (χ4n) is 2.67. The number of carbonyl (C=O) groups excluding carboxylic acids is 1. The molecule has 0 saturated heterocycles. The maximum Gasteiger partial charge on any atom is 0.345 e. The lowest BCUT2D eigenvalue weighted by molar-refractivity contribution is 0.0467. The maximum absolute atomic E-state index is 12.3. The number of carbonyl (C=O) groups is 1. The van der Waals surface area contributed by atoms with E-state index < -0.39 is 5.97 Å². The van der Waals surface area contributed by atoms with E-state index in [4.69, 9.17) is 9.47 Å². The van der Waals surface area contributed by atoms with E-state index in [-0.39, 0.29) is 6.61 Å². The molecule has 0 N–H and O–H groups in total. The monoisotopic (exact) mass is 340 g/mol. The highest BCUT2D eigenvalue weighted by molar-refractivity contribution is 5.93. The molecule has 0 bridgehead atoms. The highest BCUT2D eigenvalue weighted by Crippen LogP contribution is 2.22. The predicted molar refractivity (Wildman–Crippen MR) is 91.4 cm³/mol. The van der Waals surface area contributed by atoms with Crippen LogP contribution in [0.1, 0.15) is 27.2 Å². The second-order valence-corrected chi connectivity index (χ2v) is 5.70. The van der Waals surface area contributed by atoms with Crippen LogP contribution in [0.25, 0.3) is 0 Å². The highest BCUT2D eigenvalue weighted by atomic mass is 16.5.